The summed E-state index contributed by atoms with van der Waals surface area (Å²) in [5, 5.41) is 9.76. The maximum Gasteiger partial charge on any atom is 0.341 e. The molecule has 1 aliphatic carbocycles. The van der Waals surface area contributed by atoms with E-state index in [9.17, 15) is 14.7 Å². The molecule has 21 heavy (non-hydrogen) atoms. The molecular formula is C16H17NO4. The molecule has 0 amide bonds. The molecule has 0 unspecified atom stereocenters. The molecule has 2 aromatic rings. The second kappa shape index (κ2) is 4.91. The van der Waals surface area contributed by atoms with Crippen molar-refractivity contribution in [2.45, 2.75) is 26.3 Å². The summed E-state index contributed by atoms with van der Waals surface area (Å²) in [5.41, 5.74) is 0.713. The Kier molecular flexibility index (Phi) is 3.20. The van der Waals surface area contributed by atoms with Crippen LogP contribution < -0.4 is 10.2 Å². The number of hydrogen-bond acceptors (Lipinski definition) is 3. The van der Waals surface area contributed by atoms with Crippen LogP contribution in [0.25, 0.3) is 10.9 Å². The lowest BCUT2D eigenvalue weighted by Crippen LogP contribution is -2.23. The second-order valence-corrected chi connectivity index (χ2v) is 5.53. The number of carboxylic acids is 1. The number of aromatic carboxylic acids is 1. The van der Waals surface area contributed by atoms with Gasteiger partial charge < -0.3 is 14.4 Å². The Bertz CT molecular complexity index is 787. The van der Waals surface area contributed by atoms with Crippen molar-refractivity contribution in [3.63, 3.8) is 0 Å². The number of rotatable bonds is 4. The Morgan fingerprint density at radius 3 is 2.71 bits per heavy atom. The van der Waals surface area contributed by atoms with E-state index >= 15 is 0 Å². The van der Waals surface area contributed by atoms with Crippen molar-refractivity contribution in [2.24, 2.45) is 5.92 Å². The molecule has 1 fully saturated rings. The molecule has 0 atom stereocenters. The molecule has 5 heteroatoms. The van der Waals surface area contributed by atoms with Crippen LogP contribution >= 0.6 is 0 Å². The molecule has 1 aliphatic rings. The molecule has 0 bridgehead atoms. The quantitative estimate of drug-likeness (QED) is 0.937. The zero-order valence-corrected chi connectivity index (χ0v) is 12.0. The van der Waals surface area contributed by atoms with E-state index in [-0.39, 0.29) is 5.56 Å². The van der Waals surface area contributed by atoms with Gasteiger partial charge in [-0.3, -0.25) is 4.79 Å². The van der Waals surface area contributed by atoms with Crippen LogP contribution in [0.5, 0.6) is 5.75 Å². The Hall–Kier alpha value is -2.30. The zero-order valence-electron chi connectivity index (χ0n) is 12.0. The maximum atomic E-state index is 12.5. The van der Waals surface area contributed by atoms with Gasteiger partial charge in [-0.05, 0) is 43.9 Å². The number of hydrogen-bond donors (Lipinski definition) is 1. The summed E-state index contributed by atoms with van der Waals surface area (Å²) in [4.78, 5) is 23.9. The van der Waals surface area contributed by atoms with E-state index in [1.54, 1.807) is 19.1 Å². The summed E-state index contributed by atoms with van der Waals surface area (Å²) >= 11 is 0. The summed E-state index contributed by atoms with van der Waals surface area (Å²) in [7, 11) is 1.52. The van der Waals surface area contributed by atoms with Crippen molar-refractivity contribution in [1.82, 2.24) is 4.57 Å². The van der Waals surface area contributed by atoms with Gasteiger partial charge in [0.1, 0.15) is 11.3 Å². The number of ether oxygens (including phenoxy) is 1. The average Bonchev–Trinajstić information content (AvgIpc) is 3.26. The number of carbonyl (C=O) groups is 1. The zero-order chi connectivity index (χ0) is 15.1. The first-order chi connectivity index (χ1) is 10.0. The highest BCUT2D eigenvalue weighted by Gasteiger charge is 2.25. The van der Waals surface area contributed by atoms with Gasteiger partial charge in [-0.15, -0.1) is 0 Å². The number of benzene rings is 1. The third-order valence-electron chi connectivity index (χ3n) is 4.08. The lowest BCUT2D eigenvalue weighted by Gasteiger charge is -2.17. The predicted octanol–water partition coefficient (Wildman–Crippen LogP) is 2.43. The van der Waals surface area contributed by atoms with Crippen molar-refractivity contribution >= 4 is 16.9 Å². The number of pyridine rings is 1. The van der Waals surface area contributed by atoms with Crippen molar-refractivity contribution in [3.05, 3.63) is 39.7 Å². The summed E-state index contributed by atoms with van der Waals surface area (Å²) < 4.78 is 7.10. The van der Waals surface area contributed by atoms with Gasteiger partial charge in [-0.25, -0.2) is 4.79 Å². The fourth-order valence-corrected chi connectivity index (χ4v) is 2.72. The molecule has 1 N–H and O–H groups in total. The molecule has 0 aliphatic heterocycles. The van der Waals surface area contributed by atoms with Gasteiger partial charge in [0.25, 0.3) is 0 Å². The first kappa shape index (κ1) is 13.7. The van der Waals surface area contributed by atoms with E-state index in [1.807, 2.05) is 10.6 Å². The Morgan fingerprint density at radius 1 is 1.43 bits per heavy atom. The molecule has 5 nitrogen and oxygen atoms in total. The van der Waals surface area contributed by atoms with E-state index in [0.717, 1.165) is 24.9 Å². The van der Waals surface area contributed by atoms with Crippen LogP contribution in [0.3, 0.4) is 0 Å². The minimum atomic E-state index is -1.17. The average molecular weight is 287 g/mol. The van der Waals surface area contributed by atoms with Gasteiger partial charge in [-0.1, -0.05) is 0 Å². The lowest BCUT2D eigenvalue weighted by atomic mass is 10.1. The van der Waals surface area contributed by atoms with Gasteiger partial charge in [0, 0.05) is 12.2 Å². The number of fused-ring (bicyclic) bond motifs is 1. The smallest absolute Gasteiger partial charge is 0.341 e. The molecule has 1 aromatic carbocycles. The largest absolute Gasteiger partial charge is 0.497 e. The van der Waals surface area contributed by atoms with Crippen LogP contribution in [-0.2, 0) is 6.54 Å². The number of methoxy groups -OCH3 is 1. The van der Waals surface area contributed by atoms with Gasteiger partial charge in [0.15, 0.2) is 0 Å². The molecule has 1 aromatic heterocycles. The fourth-order valence-electron chi connectivity index (χ4n) is 2.72. The molecule has 1 heterocycles. The third kappa shape index (κ3) is 2.28. The van der Waals surface area contributed by atoms with Gasteiger partial charge in [0.05, 0.1) is 18.0 Å². The van der Waals surface area contributed by atoms with E-state index < -0.39 is 11.4 Å². The molecular weight excluding hydrogens is 270 g/mol. The molecule has 110 valence electrons. The van der Waals surface area contributed by atoms with Crippen molar-refractivity contribution < 1.29 is 14.6 Å². The van der Waals surface area contributed by atoms with Gasteiger partial charge in [-0.2, -0.15) is 0 Å². The van der Waals surface area contributed by atoms with Gasteiger partial charge >= 0.3 is 5.97 Å². The van der Waals surface area contributed by atoms with Crippen LogP contribution in [0.4, 0.5) is 0 Å². The second-order valence-electron chi connectivity index (χ2n) is 5.53. The highest BCUT2D eigenvalue weighted by atomic mass is 16.5. The van der Waals surface area contributed by atoms with Crippen LogP contribution in [0, 0.1) is 12.8 Å². The fraction of sp³-hybridized carbons (Fsp3) is 0.375. The highest BCUT2D eigenvalue weighted by Crippen LogP contribution is 2.32. The molecule has 0 saturated heterocycles. The summed E-state index contributed by atoms with van der Waals surface area (Å²) in [6.07, 6.45) is 2.32. The first-order valence-electron chi connectivity index (χ1n) is 6.97. The van der Waals surface area contributed by atoms with Gasteiger partial charge in [0.2, 0.25) is 5.43 Å². The first-order valence-corrected chi connectivity index (χ1v) is 6.97. The monoisotopic (exact) mass is 287 g/mol. The standard InChI is InChI=1S/C16H17NO4/c1-9-14(16(19)20)15(18)12-7-11(21-2)5-6-13(12)17(9)8-10-3-4-10/h5-7,10H,3-4,8H2,1-2H3,(H,19,20). The highest BCUT2D eigenvalue weighted by molar-refractivity contribution is 5.94. The molecule has 1 saturated carbocycles. The third-order valence-corrected chi connectivity index (χ3v) is 4.08. The van der Waals surface area contributed by atoms with Crippen molar-refractivity contribution in [2.75, 3.05) is 7.11 Å². The Labute approximate surface area is 121 Å². The lowest BCUT2D eigenvalue weighted by molar-refractivity contribution is 0.0694. The van der Waals surface area contributed by atoms with E-state index in [0.29, 0.717) is 22.7 Å². The van der Waals surface area contributed by atoms with Crippen LogP contribution in [0.2, 0.25) is 0 Å². The Balaban J connectivity index is 2.36. The normalized spacial score (nSPS) is 14.4. The minimum Gasteiger partial charge on any atom is -0.497 e. The van der Waals surface area contributed by atoms with Crippen LogP contribution in [0.1, 0.15) is 28.9 Å². The van der Waals surface area contributed by atoms with Crippen molar-refractivity contribution in [1.29, 1.82) is 0 Å². The summed E-state index contributed by atoms with van der Waals surface area (Å²) in [6, 6.07) is 5.24. The van der Waals surface area contributed by atoms with Crippen LogP contribution in [-0.4, -0.2) is 22.8 Å². The Morgan fingerprint density at radius 2 is 2.14 bits per heavy atom. The van der Waals surface area contributed by atoms with E-state index in [1.165, 1.54) is 7.11 Å². The van der Waals surface area contributed by atoms with E-state index in [4.69, 9.17) is 4.74 Å². The summed E-state index contributed by atoms with van der Waals surface area (Å²) in [5.74, 6) is -0.0392. The SMILES string of the molecule is COc1ccc2c(c1)c(=O)c(C(=O)O)c(C)n2CC1CC1. The van der Waals surface area contributed by atoms with E-state index in [2.05, 4.69) is 0 Å². The number of aromatic nitrogens is 1. The van der Waals surface area contributed by atoms with Crippen molar-refractivity contribution in [3.8, 4) is 5.75 Å². The maximum absolute atomic E-state index is 12.5. The number of carboxylic acid groups (broad SMARTS) is 1. The molecule has 0 radical (unpaired) electrons. The molecule has 0 spiro atoms. The summed E-state index contributed by atoms with van der Waals surface area (Å²) in [6.45, 7) is 2.46. The minimum absolute atomic E-state index is 0.142. The predicted molar refractivity (Wildman–Crippen MR) is 79.2 cm³/mol. The number of nitrogens with zero attached hydrogens (tertiary/aromatic N) is 1. The topological polar surface area (TPSA) is 68.5 Å². The molecule has 3 rings (SSSR count). The van der Waals surface area contributed by atoms with Crippen LogP contribution in [0.15, 0.2) is 23.0 Å².